The molecule has 1 aliphatic heterocycles. The summed E-state index contributed by atoms with van der Waals surface area (Å²) in [5.41, 5.74) is 2.26. The Balaban J connectivity index is 1.60. The van der Waals surface area contributed by atoms with E-state index in [0.717, 1.165) is 16.9 Å². The number of nitro benzene ring substituents is 1. The Labute approximate surface area is 257 Å². The molecular weight excluding hydrogens is 641 g/mol. The Bertz CT molecular complexity index is 1970. The van der Waals surface area contributed by atoms with Crippen molar-refractivity contribution in [3.63, 3.8) is 0 Å². The van der Waals surface area contributed by atoms with Gasteiger partial charge in [0.2, 0.25) is 5.75 Å². The van der Waals surface area contributed by atoms with Crippen LogP contribution in [-0.4, -0.2) is 22.1 Å². The lowest BCUT2D eigenvalue weighted by Gasteiger charge is -2.24. The molecule has 5 rings (SSSR count). The lowest BCUT2D eigenvalue weighted by molar-refractivity contribution is -0.386. The molecule has 0 spiro atoms. The van der Waals surface area contributed by atoms with Gasteiger partial charge in [0, 0.05) is 11.6 Å². The van der Waals surface area contributed by atoms with E-state index in [2.05, 4.69) is 20.9 Å². The molecule has 0 saturated carbocycles. The van der Waals surface area contributed by atoms with Crippen LogP contribution in [0.1, 0.15) is 42.1 Å². The second-order valence-electron chi connectivity index (χ2n) is 9.70. The summed E-state index contributed by atoms with van der Waals surface area (Å²) in [5, 5.41) is 12.0. The molecule has 0 fully saturated rings. The number of carbonyl (C=O) groups excluding carboxylic acids is 1. The van der Waals surface area contributed by atoms with Crippen LogP contribution < -0.4 is 19.6 Å². The molecule has 12 heteroatoms. The molecule has 0 bridgehead atoms. The van der Waals surface area contributed by atoms with E-state index in [4.69, 9.17) is 9.47 Å². The summed E-state index contributed by atoms with van der Waals surface area (Å²) in [6, 6.07) is 15.6. The van der Waals surface area contributed by atoms with Gasteiger partial charge >= 0.3 is 11.7 Å². The normalized spacial score (nSPS) is 14.7. The number of benzene rings is 3. The molecule has 0 amide bonds. The minimum atomic E-state index is -0.770. The lowest BCUT2D eigenvalue weighted by atomic mass is 9.95. The zero-order chi connectivity index (χ0) is 30.8. The fraction of sp³-hybridized carbons (Fsp3) is 0.194. The maximum atomic E-state index is 14.1. The fourth-order valence-electron chi connectivity index (χ4n) is 4.73. The second kappa shape index (κ2) is 12.4. The summed E-state index contributed by atoms with van der Waals surface area (Å²) in [7, 11) is 0. The summed E-state index contributed by atoms with van der Waals surface area (Å²) < 4.78 is 27.0. The molecule has 1 aliphatic rings. The van der Waals surface area contributed by atoms with E-state index in [1.165, 1.54) is 34.9 Å². The third-order valence-electron chi connectivity index (χ3n) is 6.78. The summed E-state index contributed by atoms with van der Waals surface area (Å²) in [4.78, 5) is 43.2. The number of nitrogens with zero attached hydrogens (tertiary/aromatic N) is 3. The Morgan fingerprint density at radius 3 is 2.58 bits per heavy atom. The molecule has 0 saturated heterocycles. The number of allylic oxidation sites excluding steroid dienone is 1. The number of rotatable bonds is 8. The van der Waals surface area contributed by atoms with Gasteiger partial charge in [-0.05, 0) is 66.0 Å². The smallest absolute Gasteiger partial charge is 0.338 e. The number of hydrogen-bond donors (Lipinski definition) is 0. The van der Waals surface area contributed by atoms with Crippen molar-refractivity contribution in [2.24, 2.45) is 4.99 Å². The zero-order valence-electron chi connectivity index (χ0n) is 23.3. The topological polar surface area (TPSA) is 113 Å². The predicted molar refractivity (Wildman–Crippen MR) is 163 cm³/mol. The van der Waals surface area contributed by atoms with Crippen LogP contribution in [0.3, 0.4) is 0 Å². The van der Waals surface area contributed by atoms with Gasteiger partial charge in [0.05, 0.1) is 37.8 Å². The number of halogens is 2. The van der Waals surface area contributed by atoms with E-state index < -0.39 is 28.3 Å². The third kappa shape index (κ3) is 6.06. The highest BCUT2D eigenvalue weighted by molar-refractivity contribution is 9.10. The van der Waals surface area contributed by atoms with Crippen LogP contribution in [0.2, 0.25) is 0 Å². The molecule has 0 radical (unpaired) electrons. The molecule has 0 unspecified atom stereocenters. The van der Waals surface area contributed by atoms with E-state index in [9.17, 15) is 24.1 Å². The average Bonchev–Trinajstić information content (AvgIpc) is 3.26. The summed E-state index contributed by atoms with van der Waals surface area (Å²) in [6.07, 6.45) is 1.53. The van der Waals surface area contributed by atoms with Gasteiger partial charge in [0.25, 0.3) is 5.56 Å². The van der Waals surface area contributed by atoms with Gasteiger partial charge in [0.1, 0.15) is 12.4 Å². The van der Waals surface area contributed by atoms with Crippen molar-refractivity contribution in [2.45, 2.75) is 33.4 Å². The van der Waals surface area contributed by atoms with Crippen LogP contribution in [0, 0.1) is 22.9 Å². The van der Waals surface area contributed by atoms with Crippen LogP contribution in [0.25, 0.3) is 6.08 Å². The largest absolute Gasteiger partial charge is 0.481 e. The van der Waals surface area contributed by atoms with Crippen LogP contribution in [0.5, 0.6) is 5.75 Å². The molecule has 1 aromatic heterocycles. The van der Waals surface area contributed by atoms with Gasteiger partial charge in [0.15, 0.2) is 4.80 Å². The van der Waals surface area contributed by atoms with E-state index in [0.29, 0.717) is 21.6 Å². The Hall–Kier alpha value is -4.42. The predicted octanol–water partition coefficient (Wildman–Crippen LogP) is 5.50. The number of thiazole rings is 1. The van der Waals surface area contributed by atoms with Crippen molar-refractivity contribution in [1.82, 2.24) is 4.57 Å². The van der Waals surface area contributed by atoms with Gasteiger partial charge in [-0.25, -0.2) is 14.2 Å². The highest BCUT2D eigenvalue weighted by Crippen LogP contribution is 2.37. The van der Waals surface area contributed by atoms with Crippen molar-refractivity contribution in [3.05, 3.63) is 134 Å². The number of fused-ring (bicyclic) bond motifs is 1. The van der Waals surface area contributed by atoms with Gasteiger partial charge in [-0.1, -0.05) is 59.4 Å². The van der Waals surface area contributed by atoms with Crippen molar-refractivity contribution in [1.29, 1.82) is 0 Å². The number of esters is 1. The van der Waals surface area contributed by atoms with Gasteiger partial charge in [-0.3, -0.25) is 19.5 Å². The van der Waals surface area contributed by atoms with Crippen molar-refractivity contribution in [3.8, 4) is 5.75 Å². The Morgan fingerprint density at radius 2 is 1.91 bits per heavy atom. The SMILES string of the molecule is CCOC(=O)C1=C(C)N=c2s/c(=C\c3cc(Br)c(OCc4ccccc4F)c([N+](=O)[O-])c3)c(=O)n2[C@H]1c1ccc(C)cc1. The van der Waals surface area contributed by atoms with E-state index in [1.54, 1.807) is 26.0 Å². The van der Waals surface area contributed by atoms with Gasteiger partial charge < -0.3 is 9.47 Å². The Kier molecular flexibility index (Phi) is 8.69. The standard InChI is InChI=1S/C31H25BrFN3O6S/c1-4-41-30(38)26-18(3)34-31-35(27(26)20-11-9-17(2)10-12-20)29(37)25(43-31)15-19-13-22(32)28(24(14-19)36(39)40)42-16-21-7-5-6-8-23(21)33/h5-15,27H,4,16H2,1-3H3/b25-15-/t27-/m0/s1. The Morgan fingerprint density at radius 1 is 1.19 bits per heavy atom. The summed E-state index contributed by atoms with van der Waals surface area (Å²) in [6.45, 7) is 5.29. The molecule has 3 aromatic carbocycles. The molecule has 43 heavy (non-hydrogen) atoms. The summed E-state index contributed by atoms with van der Waals surface area (Å²) in [5.74, 6) is -1.12. The number of aromatic nitrogens is 1. The average molecular weight is 667 g/mol. The van der Waals surface area contributed by atoms with Crippen LogP contribution in [0.4, 0.5) is 10.1 Å². The van der Waals surface area contributed by atoms with Crippen molar-refractivity contribution in [2.75, 3.05) is 6.61 Å². The molecule has 9 nitrogen and oxygen atoms in total. The first-order valence-corrected chi connectivity index (χ1v) is 14.8. The molecular formula is C31H25BrFN3O6S. The molecule has 0 aliphatic carbocycles. The lowest BCUT2D eigenvalue weighted by Crippen LogP contribution is -2.39. The highest BCUT2D eigenvalue weighted by Gasteiger charge is 2.33. The second-order valence-corrected chi connectivity index (χ2v) is 11.6. The number of aryl methyl sites for hydroxylation is 1. The van der Waals surface area contributed by atoms with Crippen LogP contribution in [-0.2, 0) is 16.1 Å². The molecule has 4 aromatic rings. The van der Waals surface area contributed by atoms with E-state index in [1.807, 2.05) is 31.2 Å². The first kappa shape index (κ1) is 30.1. The third-order valence-corrected chi connectivity index (χ3v) is 8.35. The maximum Gasteiger partial charge on any atom is 0.338 e. The highest BCUT2D eigenvalue weighted by atomic mass is 79.9. The summed E-state index contributed by atoms with van der Waals surface area (Å²) >= 11 is 4.45. The fourth-order valence-corrected chi connectivity index (χ4v) is 6.36. The van der Waals surface area contributed by atoms with Crippen molar-refractivity contribution >= 4 is 45.0 Å². The molecule has 2 heterocycles. The molecule has 0 N–H and O–H groups in total. The van der Waals surface area contributed by atoms with Crippen LogP contribution >= 0.6 is 27.3 Å². The quantitative estimate of drug-likeness (QED) is 0.140. The molecule has 1 atom stereocenters. The van der Waals surface area contributed by atoms with Crippen LogP contribution in [0.15, 0.2) is 86.2 Å². The number of carbonyl (C=O) groups is 1. The minimum Gasteiger partial charge on any atom is -0.481 e. The molecule has 220 valence electrons. The first-order valence-electron chi connectivity index (χ1n) is 13.2. The number of hydrogen-bond acceptors (Lipinski definition) is 8. The number of ether oxygens (including phenoxy) is 2. The number of nitro groups is 1. The van der Waals surface area contributed by atoms with Crippen molar-refractivity contribution < 1.29 is 23.6 Å². The van der Waals surface area contributed by atoms with E-state index in [-0.39, 0.29) is 44.8 Å². The van der Waals surface area contributed by atoms with E-state index >= 15 is 0 Å². The first-order chi connectivity index (χ1) is 20.6. The van der Waals surface area contributed by atoms with Gasteiger partial charge in [-0.15, -0.1) is 0 Å². The minimum absolute atomic E-state index is 0.0686. The monoisotopic (exact) mass is 665 g/mol. The zero-order valence-corrected chi connectivity index (χ0v) is 25.7. The maximum absolute atomic E-state index is 14.1. The van der Waals surface area contributed by atoms with Gasteiger partial charge in [-0.2, -0.15) is 0 Å².